The number of hydrogen-bond acceptors (Lipinski definition) is 3. The Kier molecular flexibility index (Phi) is 4.96. The van der Waals surface area contributed by atoms with Gasteiger partial charge in [-0.15, -0.1) is 0 Å². The molecule has 0 aliphatic carbocycles. The van der Waals surface area contributed by atoms with Gasteiger partial charge in [-0.05, 0) is 42.8 Å². The van der Waals surface area contributed by atoms with Gasteiger partial charge in [0.2, 0.25) is 0 Å². The third-order valence-corrected chi connectivity index (χ3v) is 2.92. The molecule has 0 saturated carbocycles. The van der Waals surface area contributed by atoms with Crippen LogP contribution in [0.5, 0.6) is 5.75 Å². The third-order valence-electron chi connectivity index (χ3n) is 2.92. The van der Waals surface area contributed by atoms with Crippen molar-refractivity contribution in [1.29, 1.82) is 0 Å². The first-order valence-corrected chi connectivity index (χ1v) is 6.58. The van der Waals surface area contributed by atoms with Gasteiger partial charge >= 0.3 is 0 Å². The van der Waals surface area contributed by atoms with E-state index in [1.54, 1.807) is 12.1 Å². The first-order valence-electron chi connectivity index (χ1n) is 6.58. The molecule has 2 rings (SSSR count). The van der Waals surface area contributed by atoms with E-state index in [2.05, 4.69) is 5.32 Å². The molecule has 3 nitrogen and oxygen atoms in total. The van der Waals surface area contributed by atoms with Gasteiger partial charge in [-0.25, -0.2) is 4.39 Å². The number of benzene rings is 2. The van der Waals surface area contributed by atoms with Gasteiger partial charge in [0.1, 0.15) is 11.6 Å². The lowest BCUT2D eigenvalue weighted by Gasteiger charge is -2.19. The molecule has 0 aromatic heterocycles. The summed E-state index contributed by atoms with van der Waals surface area (Å²) < 4.78 is 18.6. The number of halogens is 1. The number of ether oxygens (including phenoxy) is 1. The Hall–Kier alpha value is -2.07. The molecule has 0 heterocycles. The van der Waals surface area contributed by atoms with E-state index >= 15 is 0 Å². The Bertz CT molecular complexity index is 560. The molecule has 0 fully saturated rings. The van der Waals surface area contributed by atoms with Gasteiger partial charge in [-0.3, -0.25) is 0 Å². The highest BCUT2D eigenvalue weighted by Crippen LogP contribution is 2.23. The highest BCUT2D eigenvalue weighted by atomic mass is 19.1. The van der Waals surface area contributed by atoms with Crippen molar-refractivity contribution in [2.75, 3.05) is 18.5 Å². The second-order valence-corrected chi connectivity index (χ2v) is 4.40. The molecular weight excluding hydrogens is 257 g/mol. The van der Waals surface area contributed by atoms with Crippen LogP contribution in [0.2, 0.25) is 0 Å². The van der Waals surface area contributed by atoms with Gasteiger partial charge < -0.3 is 15.2 Å². The van der Waals surface area contributed by atoms with Crippen molar-refractivity contribution in [2.45, 2.75) is 13.0 Å². The maximum Gasteiger partial charge on any atom is 0.125 e. The van der Waals surface area contributed by atoms with Crippen LogP contribution in [0.4, 0.5) is 10.1 Å². The monoisotopic (exact) mass is 275 g/mol. The minimum Gasteiger partial charge on any atom is -0.494 e. The van der Waals surface area contributed by atoms with E-state index in [1.165, 1.54) is 12.1 Å². The average Bonchev–Trinajstić information content (AvgIpc) is 2.45. The Morgan fingerprint density at radius 1 is 1.20 bits per heavy atom. The number of hydrogen-bond donors (Lipinski definition) is 2. The maximum absolute atomic E-state index is 13.2. The molecular formula is C16H18FNO2. The zero-order valence-electron chi connectivity index (χ0n) is 11.3. The van der Waals surface area contributed by atoms with Crippen LogP contribution in [-0.4, -0.2) is 18.3 Å². The summed E-state index contributed by atoms with van der Waals surface area (Å²) in [6.07, 6.45) is 0. The smallest absolute Gasteiger partial charge is 0.125 e. The van der Waals surface area contributed by atoms with Crippen LogP contribution in [0.25, 0.3) is 0 Å². The van der Waals surface area contributed by atoms with Crippen LogP contribution < -0.4 is 10.1 Å². The second-order valence-electron chi connectivity index (χ2n) is 4.40. The number of aliphatic hydroxyl groups excluding tert-OH is 1. The molecule has 0 saturated heterocycles. The fourth-order valence-electron chi connectivity index (χ4n) is 2.00. The molecule has 0 aliphatic rings. The van der Waals surface area contributed by atoms with Crippen molar-refractivity contribution < 1.29 is 14.2 Å². The van der Waals surface area contributed by atoms with Crippen molar-refractivity contribution in [1.82, 2.24) is 0 Å². The molecule has 0 amide bonds. The highest BCUT2D eigenvalue weighted by molar-refractivity contribution is 5.46. The van der Waals surface area contributed by atoms with E-state index in [9.17, 15) is 9.50 Å². The number of nitrogens with one attached hydrogen (secondary N) is 1. The molecule has 1 atom stereocenters. The van der Waals surface area contributed by atoms with E-state index in [4.69, 9.17) is 4.74 Å². The first kappa shape index (κ1) is 14.3. The van der Waals surface area contributed by atoms with Crippen LogP contribution in [-0.2, 0) is 0 Å². The van der Waals surface area contributed by atoms with Crippen molar-refractivity contribution in [3.05, 3.63) is 59.9 Å². The van der Waals surface area contributed by atoms with Gasteiger partial charge in [0.15, 0.2) is 0 Å². The number of anilines is 1. The van der Waals surface area contributed by atoms with Gasteiger partial charge in [0, 0.05) is 5.69 Å². The predicted octanol–water partition coefficient (Wildman–Crippen LogP) is 3.37. The second kappa shape index (κ2) is 6.91. The minimum absolute atomic E-state index is 0.0912. The highest BCUT2D eigenvalue weighted by Gasteiger charge is 2.11. The first-order chi connectivity index (χ1) is 9.72. The molecule has 20 heavy (non-hydrogen) atoms. The predicted molar refractivity (Wildman–Crippen MR) is 77.5 cm³/mol. The summed E-state index contributed by atoms with van der Waals surface area (Å²) in [7, 11) is 0. The van der Waals surface area contributed by atoms with E-state index < -0.39 is 0 Å². The zero-order chi connectivity index (χ0) is 14.4. The maximum atomic E-state index is 13.2. The average molecular weight is 275 g/mol. The number of rotatable bonds is 6. The zero-order valence-corrected chi connectivity index (χ0v) is 11.3. The van der Waals surface area contributed by atoms with E-state index in [0.717, 1.165) is 11.3 Å². The van der Waals surface area contributed by atoms with Crippen LogP contribution in [0.1, 0.15) is 18.5 Å². The molecule has 106 valence electrons. The molecule has 0 spiro atoms. The van der Waals surface area contributed by atoms with E-state index in [0.29, 0.717) is 12.3 Å². The van der Waals surface area contributed by atoms with Crippen molar-refractivity contribution in [3.63, 3.8) is 0 Å². The summed E-state index contributed by atoms with van der Waals surface area (Å²) in [4.78, 5) is 0. The van der Waals surface area contributed by atoms with E-state index in [1.807, 2.05) is 31.2 Å². The largest absolute Gasteiger partial charge is 0.494 e. The van der Waals surface area contributed by atoms with Crippen LogP contribution in [0.3, 0.4) is 0 Å². The quantitative estimate of drug-likeness (QED) is 0.849. The Balaban J connectivity index is 2.17. The summed E-state index contributed by atoms with van der Waals surface area (Å²) in [5.41, 5.74) is 1.52. The Morgan fingerprint density at radius 3 is 2.70 bits per heavy atom. The molecule has 1 unspecified atom stereocenters. The molecule has 0 radical (unpaired) electrons. The van der Waals surface area contributed by atoms with Gasteiger partial charge in [0.25, 0.3) is 0 Å². The summed E-state index contributed by atoms with van der Waals surface area (Å²) >= 11 is 0. The van der Waals surface area contributed by atoms with Crippen molar-refractivity contribution in [3.8, 4) is 5.75 Å². The van der Waals surface area contributed by atoms with Crippen molar-refractivity contribution >= 4 is 5.69 Å². The fourth-order valence-corrected chi connectivity index (χ4v) is 2.00. The topological polar surface area (TPSA) is 41.5 Å². The Labute approximate surface area is 118 Å². The molecule has 0 bridgehead atoms. The summed E-state index contributed by atoms with van der Waals surface area (Å²) in [5.74, 6) is 0.444. The summed E-state index contributed by atoms with van der Waals surface area (Å²) in [6, 6.07) is 13.4. The summed E-state index contributed by atoms with van der Waals surface area (Å²) in [6.45, 7) is 2.41. The van der Waals surface area contributed by atoms with Gasteiger partial charge in [-0.2, -0.15) is 0 Å². The lowest BCUT2D eigenvalue weighted by Crippen LogP contribution is -2.15. The molecule has 2 aromatic rings. The van der Waals surface area contributed by atoms with Crippen LogP contribution >= 0.6 is 0 Å². The molecule has 2 aromatic carbocycles. The molecule has 4 heteroatoms. The third kappa shape index (κ3) is 3.71. The van der Waals surface area contributed by atoms with Gasteiger partial charge in [-0.1, -0.05) is 18.2 Å². The van der Waals surface area contributed by atoms with Gasteiger partial charge in [0.05, 0.1) is 19.3 Å². The van der Waals surface area contributed by atoms with Crippen LogP contribution in [0, 0.1) is 5.82 Å². The van der Waals surface area contributed by atoms with E-state index in [-0.39, 0.29) is 18.5 Å². The lowest BCUT2D eigenvalue weighted by molar-refractivity contribution is 0.275. The molecule has 0 aliphatic heterocycles. The Morgan fingerprint density at radius 2 is 2.00 bits per heavy atom. The number of aliphatic hydroxyl groups is 1. The summed E-state index contributed by atoms with van der Waals surface area (Å²) in [5, 5.41) is 12.6. The molecule has 2 N–H and O–H groups in total. The normalized spacial score (nSPS) is 11.9. The SMILES string of the molecule is CCOc1cccc(C(CO)Nc2cccc(F)c2)c1. The lowest BCUT2D eigenvalue weighted by atomic mass is 10.1. The fraction of sp³-hybridized carbons (Fsp3) is 0.250. The minimum atomic E-state index is -0.310. The van der Waals surface area contributed by atoms with Crippen LogP contribution in [0.15, 0.2) is 48.5 Å². The van der Waals surface area contributed by atoms with Crippen molar-refractivity contribution in [2.24, 2.45) is 0 Å². The standard InChI is InChI=1S/C16H18FNO2/c1-2-20-15-8-3-5-12(9-15)16(11-19)18-14-7-4-6-13(17)10-14/h3-10,16,18-19H,2,11H2,1H3.